The van der Waals surface area contributed by atoms with E-state index >= 15 is 0 Å². The van der Waals surface area contributed by atoms with E-state index in [1.165, 1.54) is 9.75 Å². The Bertz CT molecular complexity index is 664. The van der Waals surface area contributed by atoms with Gasteiger partial charge >= 0.3 is 0 Å². The minimum absolute atomic E-state index is 0.0685. The molecule has 2 aromatic rings. The van der Waals surface area contributed by atoms with Crippen molar-refractivity contribution in [2.45, 2.75) is 39.4 Å². The number of nitrogens with zero attached hydrogens (tertiary/aromatic N) is 1. The molecule has 0 bridgehead atoms. The van der Waals surface area contributed by atoms with Crippen LogP contribution in [0, 0.1) is 6.92 Å². The molecular weight excluding hydrogens is 280 g/mol. The van der Waals surface area contributed by atoms with Gasteiger partial charge in [0.1, 0.15) is 6.17 Å². The van der Waals surface area contributed by atoms with E-state index in [-0.39, 0.29) is 18.1 Å². The molecule has 3 rings (SSSR count). The lowest BCUT2D eigenvalue weighted by molar-refractivity contribution is 0.0597. The highest BCUT2D eigenvalue weighted by molar-refractivity contribution is 7.12. The molecule has 21 heavy (non-hydrogen) atoms. The highest BCUT2D eigenvalue weighted by atomic mass is 32.1. The fraction of sp³-hybridized carbons (Fsp3) is 0.353. The van der Waals surface area contributed by atoms with Crippen LogP contribution in [0.5, 0.6) is 0 Å². The average molecular weight is 300 g/mol. The van der Waals surface area contributed by atoms with E-state index in [9.17, 15) is 4.79 Å². The van der Waals surface area contributed by atoms with Gasteiger partial charge in [-0.15, -0.1) is 11.3 Å². The zero-order valence-corrected chi connectivity index (χ0v) is 13.4. The number of hydrogen-bond acceptors (Lipinski definition) is 3. The van der Waals surface area contributed by atoms with Crippen molar-refractivity contribution in [3.63, 3.8) is 0 Å². The fourth-order valence-electron chi connectivity index (χ4n) is 2.73. The quantitative estimate of drug-likeness (QED) is 0.910. The zero-order valence-electron chi connectivity index (χ0n) is 12.6. The van der Waals surface area contributed by atoms with Gasteiger partial charge in [0.05, 0.1) is 5.56 Å². The Hall–Kier alpha value is -1.81. The second kappa shape index (κ2) is 5.53. The van der Waals surface area contributed by atoms with Crippen LogP contribution in [0.25, 0.3) is 0 Å². The van der Waals surface area contributed by atoms with Crippen molar-refractivity contribution in [3.05, 3.63) is 51.7 Å². The molecule has 2 atom stereocenters. The number of hydrogen-bond donors (Lipinski definition) is 1. The van der Waals surface area contributed by atoms with Crippen LogP contribution in [-0.2, 0) is 0 Å². The minimum atomic E-state index is -0.0685. The Balaban J connectivity index is 2.07. The van der Waals surface area contributed by atoms with Crippen molar-refractivity contribution in [1.29, 1.82) is 0 Å². The van der Waals surface area contributed by atoms with E-state index in [0.717, 1.165) is 17.7 Å². The highest BCUT2D eigenvalue weighted by Crippen LogP contribution is 2.37. The number of nitrogens with one attached hydrogen (secondary N) is 1. The monoisotopic (exact) mass is 300 g/mol. The van der Waals surface area contributed by atoms with Crippen molar-refractivity contribution in [3.8, 4) is 0 Å². The number of rotatable bonds is 3. The molecule has 1 amide bonds. The molecule has 0 saturated heterocycles. The van der Waals surface area contributed by atoms with Crippen LogP contribution in [-0.4, -0.2) is 16.8 Å². The number of fused-ring (bicyclic) bond motifs is 1. The number of aryl methyl sites for hydroxylation is 1. The predicted molar refractivity (Wildman–Crippen MR) is 87.8 cm³/mol. The van der Waals surface area contributed by atoms with E-state index in [1.807, 2.05) is 29.2 Å². The summed E-state index contributed by atoms with van der Waals surface area (Å²) in [6.07, 6.45) is 0.872. The molecule has 1 aliphatic rings. The lowest BCUT2D eigenvalue weighted by Gasteiger charge is -2.40. The first kappa shape index (κ1) is 14.1. The van der Waals surface area contributed by atoms with Gasteiger partial charge in [-0.1, -0.05) is 19.1 Å². The number of para-hydroxylation sites is 1. The Morgan fingerprint density at radius 3 is 2.71 bits per heavy atom. The molecule has 0 spiro atoms. The van der Waals surface area contributed by atoms with Crippen LogP contribution < -0.4 is 5.32 Å². The molecule has 0 unspecified atom stereocenters. The van der Waals surface area contributed by atoms with Crippen LogP contribution in [0.1, 0.15) is 46.5 Å². The number of anilines is 1. The second-order valence-corrected chi connectivity index (χ2v) is 6.83. The summed E-state index contributed by atoms with van der Waals surface area (Å²) in [5, 5.41) is 3.54. The maximum absolute atomic E-state index is 12.9. The summed E-state index contributed by atoms with van der Waals surface area (Å²) in [6, 6.07) is 12.2. The molecule has 0 saturated carbocycles. The first-order valence-corrected chi connectivity index (χ1v) is 8.18. The Kier molecular flexibility index (Phi) is 3.72. The molecular formula is C17H20N2OS. The zero-order chi connectivity index (χ0) is 15.0. The van der Waals surface area contributed by atoms with Gasteiger partial charge in [0.15, 0.2) is 0 Å². The number of carbonyl (C=O) groups excluding carboxylic acids is 1. The molecule has 1 N–H and O–H groups in total. The molecule has 1 aromatic heterocycles. The van der Waals surface area contributed by atoms with Gasteiger partial charge in [0.2, 0.25) is 0 Å². The van der Waals surface area contributed by atoms with Gasteiger partial charge in [-0.25, -0.2) is 0 Å². The number of amides is 1. The first-order chi connectivity index (χ1) is 10.1. The van der Waals surface area contributed by atoms with Gasteiger partial charge in [0, 0.05) is 21.5 Å². The molecule has 1 aromatic carbocycles. The summed E-state index contributed by atoms with van der Waals surface area (Å²) in [4.78, 5) is 17.3. The van der Waals surface area contributed by atoms with Crippen LogP contribution in [0.2, 0.25) is 0 Å². The molecule has 1 aliphatic heterocycles. The van der Waals surface area contributed by atoms with Gasteiger partial charge in [-0.05, 0) is 44.5 Å². The lowest BCUT2D eigenvalue weighted by atomic mass is 10.0. The van der Waals surface area contributed by atoms with Crippen molar-refractivity contribution >= 4 is 22.9 Å². The molecule has 3 nitrogen and oxygen atoms in total. The van der Waals surface area contributed by atoms with Crippen molar-refractivity contribution < 1.29 is 4.79 Å². The summed E-state index contributed by atoms with van der Waals surface area (Å²) >= 11 is 1.75. The smallest absolute Gasteiger partial charge is 0.258 e. The van der Waals surface area contributed by atoms with Gasteiger partial charge < -0.3 is 10.2 Å². The standard InChI is InChI=1S/C17H20N2OS/c1-4-11(2)19-16(15-10-9-12(3)21-15)18-14-8-6-5-7-13(14)17(19)20/h5-11,16,18H,4H2,1-3H3/t11-,16-/m0/s1. The molecule has 2 heterocycles. The van der Waals surface area contributed by atoms with E-state index < -0.39 is 0 Å². The van der Waals surface area contributed by atoms with Crippen LogP contribution in [0.3, 0.4) is 0 Å². The highest BCUT2D eigenvalue weighted by Gasteiger charge is 2.35. The Morgan fingerprint density at radius 2 is 2.05 bits per heavy atom. The van der Waals surface area contributed by atoms with Gasteiger partial charge in [-0.2, -0.15) is 0 Å². The molecule has 110 valence electrons. The third kappa shape index (κ3) is 2.44. The normalized spacial score (nSPS) is 19.1. The second-order valence-electron chi connectivity index (χ2n) is 5.51. The van der Waals surface area contributed by atoms with Gasteiger partial charge in [0.25, 0.3) is 5.91 Å². The van der Waals surface area contributed by atoms with Gasteiger partial charge in [-0.3, -0.25) is 4.79 Å². The van der Waals surface area contributed by atoms with Crippen LogP contribution in [0.15, 0.2) is 36.4 Å². The van der Waals surface area contributed by atoms with Crippen molar-refractivity contribution in [1.82, 2.24) is 4.90 Å². The SMILES string of the molecule is CC[C@H](C)N1C(=O)c2ccccc2N[C@@H]1c1ccc(C)s1. The molecule has 0 radical (unpaired) electrons. The topological polar surface area (TPSA) is 32.3 Å². The van der Waals surface area contributed by atoms with Crippen LogP contribution >= 0.6 is 11.3 Å². The number of thiophene rings is 1. The fourth-order valence-corrected chi connectivity index (χ4v) is 3.66. The molecule has 0 aliphatic carbocycles. The van der Waals surface area contributed by atoms with E-state index in [0.29, 0.717) is 0 Å². The number of carbonyl (C=O) groups is 1. The summed E-state index contributed by atoms with van der Waals surface area (Å²) in [7, 11) is 0. The first-order valence-electron chi connectivity index (χ1n) is 7.36. The third-order valence-electron chi connectivity index (χ3n) is 4.06. The van der Waals surface area contributed by atoms with Crippen LogP contribution in [0.4, 0.5) is 5.69 Å². The number of benzene rings is 1. The van der Waals surface area contributed by atoms with E-state index in [4.69, 9.17) is 0 Å². The summed E-state index contributed by atoms with van der Waals surface area (Å²) < 4.78 is 0. The predicted octanol–water partition coefficient (Wildman–Crippen LogP) is 4.42. The maximum Gasteiger partial charge on any atom is 0.258 e. The third-order valence-corrected chi connectivity index (χ3v) is 5.11. The maximum atomic E-state index is 12.9. The molecule has 0 fully saturated rings. The lowest BCUT2D eigenvalue weighted by Crippen LogP contribution is -2.47. The summed E-state index contributed by atoms with van der Waals surface area (Å²) in [5.41, 5.74) is 1.69. The Morgan fingerprint density at radius 1 is 1.29 bits per heavy atom. The summed E-state index contributed by atoms with van der Waals surface area (Å²) in [6.45, 7) is 6.33. The average Bonchev–Trinajstić information content (AvgIpc) is 2.93. The van der Waals surface area contributed by atoms with Crippen molar-refractivity contribution in [2.24, 2.45) is 0 Å². The van der Waals surface area contributed by atoms with Crippen molar-refractivity contribution in [2.75, 3.05) is 5.32 Å². The largest absolute Gasteiger partial charge is 0.360 e. The van der Waals surface area contributed by atoms with E-state index in [2.05, 4.69) is 38.2 Å². The molecule has 4 heteroatoms. The minimum Gasteiger partial charge on any atom is -0.360 e. The summed E-state index contributed by atoms with van der Waals surface area (Å²) in [5.74, 6) is 0.120. The Labute approximate surface area is 129 Å². The van der Waals surface area contributed by atoms with E-state index in [1.54, 1.807) is 11.3 Å².